The molecule has 0 saturated heterocycles. The molecule has 0 aromatic rings. The molecule has 2 heterocycles. The molecule has 0 aromatic heterocycles. The third kappa shape index (κ3) is 8.13. The van der Waals surface area contributed by atoms with Gasteiger partial charge < -0.3 is 20.7 Å². The Morgan fingerprint density at radius 2 is 2.00 bits per heavy atom. The van der Waals surface area contributed by atoms with E-state index in [1.807, 2.05) is 39.0 Å². The number of Topliss-reactive ketones (excluding diaryl/α,β-unsaturated/α-hetero) is 1. The minimum Gasteiger partial charge on any atom is -0.457 e. The maximum absolute atomic E-state index is 13.2. The lowest BCUT2D eigenvalue weighted by Crippen LogP contribution is -2.45. The molecule has 8 heteroatoms. The number of rotatable bonds is 3. The first kappa shape index (κ1) is 29.5. The number of nitrogens with zero attached hydrogens (tertiary/aromatic N) is 1. The number of nitrogens with two attached hydrogens (primary N) is 1. The summed E-state index contributed by atoms with van der Waals surface area (Å²) in [7, 11) is 0. The first-order chi connectivity index (χ1) is 16.4. The summed E-state index contributed by atoms with van der Waals surface area (Å²) in [6, 6.07) is -0.0119. The van der Waals surface area contributed by atoms with E-state index < -0.39 is 35.6 Å². The summed E-state index contributed by atoms with van der Waals surface area (Å²) in [6.45, 7) is 11.1. The van der Waals surface area contributed by atoms with Gasteiger partial charge in [0.25, 0.3) is 0 Å². The summed E-state index contributed by atoms with van der Waals surface area (Å²) >= 11 is 1.64. The highest BCUT2D eigenvalue weighted by Crippen LogP contribution is 2.32. The average Bonchev–Trinajstić information content (AvgIpc) is 3.26. The Hall–Kier alpha value is -1.74. The number of allylic oxidation sites excluding steroid dienone is 2. The van der Waals surface area contributed by atoms with Gasteiger partial charge in [0, 0.05) is 30.6 Å². The van der Waals surface area contributed by atoms with Crippen LogP contribution in [0.3, 0.4) is 0 Å². The molecule has 2 aliphatic heterocycles. The highest BCUT2D eigenvalue weighted by molar-refractivity contribution is 8.14. The third-order valence-electron chi connectivity index (χ3n) is 6.99. The van der Waals surface area contributed by atoms with Crippen LogP contribution < -0.4 is 5.73 Å². The van der Waals surface area contributed by atoms with E-state index in [4.69, 9.17) is 10.5 Å². The lowest BCUT2D eigenvalue weighted by atomic mass is 9.73. The first-order valence-electron chi connectivity index (χ1n) is 12.4. The zero-order valence-corrected chi connectivity index (χ0v) is 22.7. The van der Waals surface area contributed by atoms with Crippen LogP contribution in [0.15, 0.2) is 40.4 Å². The molecule has 196 valence electrons. The van der Waals surface area contributed by atoms with Gasteiger partial charge in [-0.05, 0) is 25.8 Å². The van der Waals surface area contributed by atoms with E-state index in [1.54, 1.807) is 32.5 Å². The van der Waals surface area contributed by atoms with Gasteiger partial charge in [-0.1, -0.05) is 57.6 Å². The number of carbonyl (C=O) groups is 2. The van der Waals surface area contributed by atoms with Crippen LogP contribution in [0.25, 0.3) is 0 Å². The second kappa shape index (κ2) is 13.0. The molecular formula is C27H42N2O5S. The van der Waals surface area contributed by atoms with Crippen molar-refractivity contribution >= 4 is 28.6 Å². The second-order valence-corrected chi connectivity index (χ2v) is 11.5. The second-order valence-electron chi connectivity index (χ2n) is 10.4. The van der Waals surface area contributed by atoms with Crippen molar-refractivity contribution in [2.24, 2.45) is 28.0 Å². The molecule has 0 fully saturated rings. The zero-order valence-electron chi connectivity index (χ0n) is 21.9. The van der Waals surface area contributed by atoms with Crippen molar-refractivity contribution in [1.82, 2.24) is 0 Å². The van der Waals surface area contributed by atoms with E-state index in [0.29, 0.717) is 19.4 Å². The maximum atomic E-state index is 13.2. The molecule has 2 rings (SSSR count). The molecule has 0 spiro atoms. The minimum absolute atomic E-state index is 0.0119. The van der Waals surface area contributed by atoms with Crippen molar-refractivity contribution in [3.8, 4) is 0 Å². The van der Waals surface area contributed by atoms with E-state index in [1.165, 1.54) is 0 Å². The lowest BCUT2D eigenvalue weighted by Gasteiger charge is -2.34. The maximum Gasteiger partial charge on any atom is 0.309 e. The number of ether oxygens (including phenoxy) is 1. The van der Waals surface area contributed by atoms with Crippen molar-refractivity contribution < 1.29 is 24.5 Å². The predicted octanol–water partition coefficient (Wildman–Crippen LogP) is 3.59. The number of thioether (sulfide) groups is 1. The fourth-order valence-electron chi connectivity index (χ4n) is 4.33. The Morgan fingerprint density at radius 3 is 2.63 bits per heavy atom. The van der Waals surface area contributed by atoms with E-state index in [9.17, 15) is 19.8 Å². The zero-order chi connectivity index (χ0) is 26.3. The molecule has 35 heavy (non-hydrogen) atoms. The van der Waals surface area contributed by atoms with Crippen LogP contribution in [0.2, 0.25) is 0 Å². The largest absolute Gasteiger partial charge is 0.457 e. The normalized spacial score (nSPS) is 36.2. The van der Waals surface area contributed by atoms with Crippen LogP contribution in [-0.4, -0.2) is 63.7 Å². The number of aliphatic imine (C=N–C) groups is 1. The van der Waals surface area contributed by atoms with Gasteiger partial charge in [-0.25, -0.2) is 0 Å². The van der Waals surface area contributed by atoms with Gasteiger partial charge in [-0.15, -0.1) is 11.8 Å². The number of esters is 1. The molecule has 2 aliphatic rings. The van der Waals surface area contributed by atoms with Crippen molar-refractivity contribution in [3.63, 3.8) is 0 Å². The van der Waals surface area contributed by atoms with E-state index in [0.717, 1.165) is 21.9 Å². The van der Waals surface area contributed by atoms with Gasteiger partial charge in [0.2, 0.25) is 0 Å². The fourth-order valence-corrected chi connectivity index (χ4v) is 5.19. The lowest BCUT2D eigenvalue weighted by molar-refractivity contribution is -0.154. The Balaban J connectivity index is 2.34. The standard InChI is InChI=1S/C27H42N2O5S/c1-16-8-7-9-17(2)25(32)19(4)26(33)27(5,6)22(30)13-24(31)34-21(11-10-16)18(3)12-20-15-35-23(14-28)29-20/h7,9-10,12,17,19-22,25,30,32H,8,11,13-15,28H2,1-6H3/b9-7+,16-10-,18-12+/t17-,19+,20?,21-,22-,25-/m0/s1. The molecular weight excluding hydrogens is 464 g/mol. The van der Waals surface area contributed by atoms with Gasteiger partial charge in [-0.3, -0.25) is 14.6 Å². The SMILES string of the molecule is C/C1=C/C[C@@H](/C(C)=C/C2CSC(CN)=N2)OC(=O)C[C@H](O)C(C)(C)C(=O)[C@H](C)[C@@H](O)[C@@H](C)/C=C/C1. The number of ketones is 1. The molecule has 0 aromatic carbocycles. The summed E-state index contributed by atoms with van der Waals surface area (Å²) < 4.78 is 5.82. The predicted molar refractivity (Wildman–Crippen MR) is 142 cm³/mol. The van der Waals surface area contributed by atoms with Crippen LogP contribution in [0.4, 0.5) is 0 Å². The molecule has 0 saturated carbocycles. The van der Waals surface area contributed by atoms with Crippen molar-refractivity contribution in [3.05, 3.63) is 35.5 Å². The van der Waals surface area contributed by atoms with Crippen molar-refractivity contribution in [2.45, 2.75) is 85.2 Å². The minimum atomic E-state index is -1.24. The summed E-state index contributed by atoms with van der Waals surface area (Å²) in [6.07, 6.45) is 6.25. The Bertz CT molecular complexity index is 892. The van der Waals surface area contributed by atoms with Crippen LogP contribution >= 0.6 is 11.8 Å². The van der Waals surface area contributed by atoms with Gasteiger partial charge in [-0.2, -0.15) is 0 Å². The first-order valence-corrected chi connectivity index (χ1v) is 13.3. The van der Waals surface area contributed by atoms with E-state index in [-0.39, 0.29) is 24.2 Å². The summed E-state index contributed by atoms with van der Waals surface area (Å²) in [5.74, 6) is -0.965. The number of hydrogen-bond acceptors (Lipinski definition) is 8. The van der Waals surface area contributed by atoms with Crippen LogP contribution in [0.1, 0.15) is 60.8 Å². The number of carbonyl (C=O) groups excluding carboxylic acids is 2. The Labute approximate surface area is 214 Å². The van der Waals surface area contributed by atoms with Crippen LogP contribution in [0.5, 0.6) is 0 Å². The number of cyclic esters (lactones) is 1. The van der Waals surface area contributed by atoms with Gasteiger partial charge in [0.15, 0.2) is 0 Å². The topological polar surface area (TPSA) is 122 Å². The summed E-state index contributed by atoms with van der Waals surface area (Å²) in [5.41, 5.74) is 6.48. The highest BCUT2D eigenvalue weighted by Gasteiger charge is 2.42. The fraction of sp³-hybridized carbons (Fsp3) is 0.667. The van der Waals surface area contributed by atoms with Gasteiger partial charge >= 0.3 is 5.97 Å². The highest BCUT2D eigenvalue weighted by atomic mass is 32.2. The molecule has 0 amide bonds. The van der Waals surface area contributed by atoms with E-state index >= 15 is 0 Å². The van der Waals surface area contributed by atoms with Crippen molar-refractivity contribution in [2.75, 3.05) is 12.3 Å². The summed E-state index contributed by atoms with van der Waals surface area (Å²) in [5, 5.41) is 22.5. The quantitative estimate of drug-likeness (QED) is 0.395. The van der Waals surface area contributed by atoms with Gasteiger partial charge in [0.05, 0.1) is 35.1 Å². The van der Waals surface area contributed by atoms with Crippen LogP contribution in [0, 0.1) is 17.3 Å². The molecule has 0 aliphatic carbocycles. The molecule has 4 N–H and O–H groups in total. The van der Waals surface area contributed by atoms with Gasteiger partial charge in [0.1, 0.15) is 11.9 Å². The number of aliphatic hydroxyl groups excluding tert-OH is 2. The van der Waals surface area contributed by atoms with Crippen molar-refractivity contribution in [1.29, 1.82) is 0 Å². The number of hydrogen-bond donors (Lipinski definition) is 3. The number of aliphatic hydroxyl groups is 2. The molecule has 1 unspecified atom stereocenters. The monoisotopic (exact) mass is 506 g/mol. The average molecular weight is 507 g/mol. The molecule has 0 radical (unpaired) electrons. The molecule has 7 nitrogen and oxygen atoms in total. The smallest absolute Gasteiger partial charge is 0.309 e. The molecule has 6 atom stereocenters. The summed E-state index contributed by atoms with van der Waals surface area (Å²) in [4.78, 5) is 30.6. The Kier molecular flexibility index (Phi) is 10.9. The Morgan fingerprint density at radius 1 is 1.31 bits per heavy atom. The molecule has 0 bridgehead atoms. The third-order valence-corrected chi connectivity index (χ3v) is 8.11. The van der Waals surface area contributed by atoms with Crippen LogP contribution in [-0.2, 0) is 14.3 Å². The van der Waals surface area contributed by atoms with E-state index in [2.05, 4.69) is 11.1 Å².